The number of halogens is 1. The summed E-state index contributed by atoms with van der Waals surface area (Å²) in [7, 11) is 0. The number of aromatic nitrogens is 4. The highest BCUT2D eigenvalue weighted by molar-refractivity contribution is 6.02. The molecule has 2 amide bonds. The van der Waals surface area contributed by atoms with E-state index in [9.17, 15) is 14.0 Å². The summed E-state index contributed by atoms with van der Waals surface area (Å²) in [6.07, 6.45) is 6.67. The number of carbonyl (C=O) groups is 2. The number of ether oxygens (including phenoxy) is 1. The maximum Gasteiger partial charge on any atom is 0.407 e. The average molecular weight is 470 g/mol. The van der Waals surface area contributed by atoms with Gasteiger partial charge in [-0.1, -0.05) is 0 Å². The van der Waals surface area contributed by atoms with Gasteiger partial charge in [0.15, 0.2) is 11.5 Å². The molecule has 0 saturated carbocycles. The highest BCUT2D eigenvalue weighted by atomic mass is 19.1. The molecular formula is C23H28FN7O3. The van der Waals surface area contributed by atoms with E-state index >= 15 is 0 Å². The fourth-order valence-corrected chi connectivity index (χ4v) is 3.79. The Bertz CT molecular complexity index is 1200. The van der Waals surface area contributed by atoms with Gasteiger partial charge in [-0.25, -0.2) is 24.1 Å². The number of rotatable bonds is 5. The maximum absolute atomic E-state index is 14.2. The second-order valence-corrected chi connectivity index (χ2v) is 9.39. The zero-order valence-electron chi connectivity index (χ0n) is 19.6. The first kappa shape index (κ1) is 23.4. The van der Waals surface area contributed by atoms with Gasteiger partial charge in [0, 0.05) is 38.1 Å². The van der Waals surface area contributed by atoms with Crippen LogP contribution in [-0.2, 0) is 4.74 Å². The maximum atomic E-state index is 14.2. The minimum atomic E-state index is -0.533. The molecule has 1 atom stereocenters. The van der Waals surface area contributed by atoms with Gasteiger partial charge >= 0.3 is 6.09 Å². The molecule has 180 valence electrons. The van der Waals surface area contributed by atoms with Crippen molar-refractivity contribution in [3.05, 3.63) is 48.1 Å². The van der Waals surface area contributed by atoms with Crippen molar-refractivity contribution in [1.29, 1.82) is 0 Å². The lowest BCUT2D eigenvalue weighted by Crippen LogP contribution is -2.36. The van der Waals surface area contributed by atoms with Crippen LogP contribution in [0, 0.1) is 18.7 Å². The number of carbonyl (C=O) groups excluding carboxylic acids is 2. The van der Waals surface area contributed by atoms with Crippen LogP contribution in [0.2, 0.25) is 0 Å². The van der Waals surface area contributed by atoms with E-state index in [1.165, 1.54) is 16.7 Å². The van der Waals surface area contributed by atoms with Gasteiger partial charge in [0.05, 0.1) is 23.8 Å². The largest absolute Gasteiger partial charge is 0.444 e. The molecule has 1 aliphatic heterocycles. The highest BCUT2D eigenvalue weighted by Crippen LogP contribution is 2.22. The molecule has 0 bridgehead atoms. The molecule has 3 aromatic rings. The number of imidazole rings is 1. The second-order valence-electron chi connectivity index (χ2n) is 9.39. The first-order chi connectivity index (χ1) is 16.1. The number of amides is 2. The van der Waals surface area contributed by atoms with Gasteiger partial charge in [0.25, 0.3) is 5.91 Å². The van der Waals surface area contributed by atoms with E-state index in [-0.39, 0.29) is 22.9 Å². The number of pyridine rings is 1. The Morgan fingerprint density at radius 2 is 2.03 bits per heavy atom. The minimum absolute atomic E-state index is 0.119. The molecule has 0 radical (unpaired) electrons. The number of hydrogen-bond donors (Lipinski definition) is 2. The van der Waals surface area contributed by atoms with Crippen molar-refractivity contribution in [2.24, 2.45) is 5.92 Å². The monoisotopic (exact) mass is 469 g/mol. The number of anilines is 2. The van der Waals surface area contributed by atoms with Crippen molar-refractivity contribution in [3.8, 4) is 0 Å². The molecule has 10 nitrogen and oxygen atoms in total. The van der Waals surface area contributed by atoms with Gasteiger partial charge in [-0.15, -0.1) is 0 Å². The van der Waals surface area contributed by atoms with Crippen LogP contribution in [0.1, 0.15) is 43.4 Å². The Hall–Kier alpha value is -3.76. The molecule has 0 unspecified atom stereocenters. The van der Waals surface area contributed by atoms with Gasteiger partial charge in [0.2, 0.25) is 0 Å². The second kappa shape index (κ2) is 9.24. The number of nitrogens with zero attached hydrogens (tertiary/aromatic N) is 5. The van der Waals surface area contributed by atoms with E-state index in [4.69, 9.17) is 4.74 Å². The topological polar surface area (TPSA) is 114 Å². The van der Waals surface area contributed by atoms with E-state index in [0.29, 0.717) is 24.6 Å². The minimum Gasteiger partial charge on any atom is -0.444 e. The van der Waals surface area contributed by atoms with Crippen molar-refractivity contribution < 1.29 is 18.7 Å². The summed E-state index contributed by atoms with van der Waals surface area (Å²) in [6.45, 7) is 9.22. The molecule has 0 aliphatic carbocycles. The normalized spacial score (nSPS) is 16.0. The van der Waals surface area contributed by atoms with E-state index in [1.807, 2.05) is 20.8 Å². The fourth-order valence-electron chi connectivity index (χ4n) is 3.79. The number of fused-ring (bicyclic) bond motifs is 1. The third-order valence-corrected chi connectivity index (χ3v) is 5.30. The Morgan fingerprint density at radius 3 is 2.74 bits per heavy atom. The van der Waals surface area contributed by atoms with Gasteiger partial charge in [-0.05, 0) is 40.0 Å². The lowest BCUT2D eigenvalue weighted by molar-refractivity contribution is 0.0520. The lowest BCUT2D eigenvalue weighted by Gasteiger charge is -2.21. The van der Waals surface area contributed by atoms with Gasteiger partial charge in [-0.3, -0.25) is 4.79 Å². The summed E-state index contributed by atoms with van der Waals surface area (Å²) >= 11 is 0. The summed E-state index contributed by atoms with van der Waals surface area (Å²) in [5.41, 5.74) is 0.750. The van der Waals surface area contributed by atoms with Crippen LogP contribution < -0.4 is 15.5 Å². The molecule has 34 heavy (non-hydrogen) atoms. The van der Waals surface area contributed by atoms with E-state index in [1.54, 1.807) is 25.5 Å². The molecule has 3 aromatic heterocycles. The summed E-state index contributed by atoms with van der Waals surface area (Å²) in [5, 5.41) is 5.45. The van der Waals surface area contributed by atoms with E-state index in [2.05, 4.69) is 30.5 Å². The number of hydrogen-bond acceptors (Lipinski definition) is 7. The van der Waals surface area contributed by atoms with Gasteiger partial charge in [-0.2, -0.15) is 0 Å². The van der Waals surface area contributed by atoms with Crippen LogP contribution in [0.3, 0.4) is 0 Å². The third-order valence-electron chi connectivity index (χ3n) is 5.30. The van der Waals surface area contributed by atoms with Crippen molar-refractivity contribution in [1.82, 2.24) is 24.7 Å². The lowest BCUT2D eigenvalue weighted by atomic mass is 10.1. The zero-order chi connectivity index (χ0) is 24.5. The van der Waals surface area contributed by atoms with Crippen molar-refractivity contribution in [3.63, 3.8) is 0 Å². The molecule has 1 saturated heterocycles. The Labute approximate surface area is 196 Å². The van der Waals surface area contributed by atoms with E-state index < -0.39 is 23.4 Å². The smallest absolute Gasteiger partial charge is 0.407 e. The molecule has 1 aliphatic rings. The highest BCUT2D eigenvalue weighted by Gasteiger charge is 2.25. The van der Waals surface area contributed by atoms with Crippen LogP contribution in [0.25, 0.3) is 5.65 Å². The summed E-state index contributed by atoms with van der Waals surface area (Å²) in [5.74, 6) is -0.112. The third kappa shape index (κ3) is 5.59. The van der Waals surface area contributed by atoms with E-state index in [0.717, 1.165) is 13.0 Å². The predicted molar refractivity (Wildman–Crippen MR) is 124 cm³/mol. The number of alkyl carbamates (subject to hydrolysis) is 1. The number of aryl methyl sites for hydroxylation is 1. The fraction of sp³-hybridized carbons (Fsp3) is 0.435. The first-order valence-corrected chi connectivity index (χ1v) is 11.1. The summed E-state index contributed by atoms with van der Waals surface area (Å²) in [4.78, 5) is 39.2. The van der Waals surface area contributed by atoms with Crippen LogP contribution in [-0.4, -0.2) is 56.6 Å². The van der Waals surface area contributed by atoms with Crippen LogP contribution in [0.15, 0.2) is 30.9 Å². The van der Waals surface area contributed by atoms with Gasteiger partial charge in [0.1, 0.15) is 17.1 Å². The molecule has 4 heterocycles. The molecule has 1 fully saturated rings. The molecule has 0 spiro atoms. The SMILES string of the molecule is Cc1cn2cc(NC(=O)c3cnc(N4CC[C@@H](CNC(=O)OC(C)(C)C)C4)cn3)cc(F)c2n1. The van der Waals surface area contributed by atoms with Crippen molar-refractivity contribution in [2.75, 3.05) is 29.9 Å². The zero-order valence-corrected chi connectivity index (χ0v) is 19.6. The quantitative estimate of drug-likeness (QED) is 0.590. The Morgan fingerprint density at radius 1 is 1.24 bits per heavy atom. The molecule has 4 rings (SSSR count). The van der Waals surface area contributed by atoms with Crippen molar-refractivity contribution in [2.45, 2.75) is 39.7 Å². The van der Waals surface area contributed by atoms with Crippen LogP contribution >= 0.6 is 0 Å². The average Bonchev–Trinajstić information content (AvgIpc) is 3.37. The standard InChI is InChI=1S/C23H28FN7O3/c1-14-11-31-13-16(7-17(24)20(31)28-14)29-21(32)18-9-26-19(10-25-18)30-6-5-15(12-30)8-27-22(33)34-23(2,3)4/h7,9-11,13,15H,5-6,8,12H2,1-4H3,(H,27,33)(H,29,32)/t15-/m0/s1. The number of nitrogens with one attached hydrogen (secondary N) is 2. The molecule has 2 N–H and O–H groups in total. The predicted octanol–water partition coefficient (Wildman–Crippen LogP) is 3.18. The van der Waals surface area contributed by atoms with Gasteiger partial charge < -0.3 is 24.7 Å². The Balaban J connectivity index is 1.32. The van der Waals surface area contributed by atoms with Crippen molar-refractivity contribution >= 4 is 29.2 Å². The van der Waals surface area contributed by atoms with Crippen LogP contribution in [0.5, 0.6) is 0 Å². The van der Waals surface area contributed by atoms with Crippen LogP contribution in [0.4, 0.5) is 20.7 Å². The molecule has 11 heteroatoms. The molecule has 0 aromatic carbocycles. The summed E-state index contributed by atoms with van der Waals surface area (Å²) in [6, 6.07) is 1.22. The molecular weight excluding hydrogens is 441 g/mol. The first-order valence-electron chi connectivity index (χ1n) is 11.1. The summed E-state index contributed by atoms with van der Waals surface area (Å²) < 4.78 is 21.0. The Kier molecular flexibility index (Phi) is 6.36.